The first-order valence-corrected chi connectivity index (χ1v) is 7.07. The molecule has 0 radical (unpaired) electrons. The second-order valence-electron chi connectivity index (χ2n) is 5.16. The summed E-state index contributed by atoms with van der Waals surface area (Å²) in [5, 5.41) is 9.94. The molecule has 0 aliphatic rings. The van der Waals surface area contributed by atoms with Gasteiger partial charge in [0.1, 0.15) is 11.5 Å². The second-order valence-corrected chi connectivity index (χ2v) is 5.56. The van der Waals surface area contributed by atoms with Crippen LogP contribution < -0.4 is 4.74 Å². The average molecular weight is 291 g/mol. The topological polar surface area (TPSA) is 29.5 Å². The molecule has 0 heterocycles. The Balaban J connectivity index is 2.39. The number of ether oxygens (including phenoxy) is 1. The molecule has 2 aromatic rings. The molecular formula is C17H19ClO2. The van der Waals surface area contributed by atoms with E-state index in [2.05, 4.69) is 19.9 Å². The first-order chi connectivity index (χ1) is 9.52. The highest BCUT2D eigenvalue weighted by Gasteiger charge is 2.11. The number of benzene rings is 2. The van der Waals surface area contributed by atoms with Gasteiger partial charge in [-0.25, -0.2) is 0 Å². The third-order valence-electron chi connectivity index (χ3n) is 3.33. The Hall–Kier alpha value is -1.51. The summed E-state index contributed by atoms with van der Waals surface area (Å²) in [6, 6.07) is 11.6. The standard InChI is InChI=1S/C17H19ClO2/c1-11(2)13-8-7-12(3)17(9-13)20-16-6-4-5-15(18)14(16)10-19/h4-9,11,19H,10H2,1-3H3. The Morgan fingerprint density at radius 2 is 1.90 bits per heavy atom. The summed E-state index contributed by atoms with van der Waals surface area (Å²) in [6.45, 7) is 6.15. The van der Waals surface area contributed by atoms with Crippen LogP contribution in [0.15, 0.2) is 36.4 Å². The van der Waals surface area contributed by atoms with Crippen LogP contribution in [-0.4, -0.2) is 5.11 Å². The number of hydrogen-bond donors (Lipinski definition) is 1. The normalized spacial score (nSPS) is 10.9. The maximum Gasteiger partial charge on any atom is 0.134 e. The smallest absolute Gasteiger partial charge is 0.134 e. The Morgan fingerprint density at radius 3 is 2.55 bits per heavy atom. The third-order valence-corrected chi connectivity index (χ3v) is 3.69. The van der Waals surface area contributed by atoms with Gasteiger partial charge in [0.15, 0.2) is 0 Å². The van der Waals surface area contributed by atoms with Crippen molar-refractivity contribution in [3.05, 3.63) is 58.1 Å². The van der Waals surface area contributed by atoms with Gasteiger partial charge >= 0.3 is 0 Å². The Morgan fingerprint density at radius 1 is 1.15 bits per heavy atom. The molecule has 2 aromatic carbocycles. The van der Waals surface area contributed by atoms with Crippen molar-refractivity contribution in [1.82, 2.24) is 0 Å². The number of aliphatic hydroxyl groups is 1. The van der Waals surface area contributed by atoms with Gasteiger partial charge < -0.3 is 9.84 Å². The van der Waals surface area contributed by atoms with Gasteiger partial charge in [-0.1, -0.05) is 43.6 Å². The molecule has 0 atom stereocenters. The van der Waals surface area contributed by atoms with Gasteiger partial charge in [0, 0.05) is 10.6 Å². The molecule has 0 saturated heterocycles. The molecule has 0 amide bonds. The molecule has 1 N–H and O–H groups in total. The maximum atomic E-state index is 9.42. The van der Waals surface area contributed by atoms with Gasteiger partial charge in [0.25, 0.3) is 0 Å². The summed E-state index contributed by atoms with van der Waals surface area (Å²) in [6.07, 6.45) is 0. The fourth-order valence-corrected chi connectivity index (χ4v) is 2.22. The highest BCUT2D eigenvalue weighted by molar-refractivity contribution is 6.31. The van der Waals surface area contributed by atoms with Crippen molar-refractivity contribution in [2.75, 3.05) is 0 Å². The van der Waals surface area contributed by atoms with Crippen molar-refractivity contribution in [3.8, 4) is 11.5 Å². The summed E-state index contributed by atoms with van der Waals surface area (Å²) in [4.78, 5) is 0. The van der Waals surface area contributed by atoms with Gasteiger partial charge in [0.05, 0.1) is 6.61 Å². The van der Waals surface area contributed by atoms with Gasteiger partial charge in [0.2, 0.25) is 0 Å². The molecule has 2 nitrogen and oxygen atoms in total. The van der Waals surface area contributed by atoms with Crippen molar-refractivity contribution in [2.24, 2.45) is 0 Å². The molecule has 0 unspecified atom stereocenters. The number of aryl methyl sites for hydroxylation is 1. The Kier molecular flexibility index (Phi) is 4.69. The minimum Gasteiger partial charge on any atom is -0.457 e. The third kappa shape index (κ3) is 3.14. The van der Waals surface area contributed by atoms with Crippen LogP contribution in [-0.2, 0) is 6.61 Å². The van der Waals surface area contributed by atoms with Crippen molar-refractivity contribution in [1.29, 1.82) is 0 Å². The predicted molar refractivity (Wildman–Crippen MR) is 82.7 cm³/mol. The van der Waals surface area contributed by atoms with Crippen molar-refractivity contribution < 1.29 is 9.84 Å². The fraction of sp³-hybridized carbons (Fsp3) is 0.294. The maximum absolute atomic E-state index is 9.42. The Labute approximate surface area is 125 Å². The largest absolute Gasteiger partial charge is 0.457 e. The zero-order valence-corrected chi connectivity index (χ0v) is 12.7. The number of rotatable bonds is 4. The highest BCUT2D eigenvalue weighted by Crippen LogP contribution is 2.33. The van der Waals surface area contributed by atoms with Crippen molar-refractivity contribution in [3.63, 3.8) is 0 Å². The van der Waals surface area contributed by atoms with Gasteiger partial charge in [-0.3, -0.25) is 0 Å². The van der Waals surface area contributed by atoms with Crippen molar-refractivity contribution >= 4 is 11.6 Å². The Bertz CT molecular complexity index is 606. The number of hydrogen-bond acceptors (Lipinski definition) is 2. The minimum atomic E-state index is -0.141. The average Bonchev–Trinajstić information content (AvgIpc) is 2.41. The van der Waals surface area contributed by atoms with Crippen LogP contribution in [0, 0.1) is 6.92 Å². The SMILES string of the molecule is Cc1ccc(C(C)C)cc1Oc1cccc(Cl)c1CO. The molecule has 106 valence electrons. The second kappa shape index (κ2) is 6.29. The van der Waals surface area contributed by atoms with Crippen LogP contribution >= 0.6 is 11.6 Å². The summed E-state index contributed by atoms with van der Waals surface area (Å²) >= 11 is 6.08. The van der Waals surface area contributed by atoms with Crippen LogP contribution in [0.4, 0.5) is 0 Å². The zero-order valence-electron chi connectivity index (χ0n) is 12.0. The molecule has 3 heteroatoms. The summed E-state index contributed by atoms with van der Waals surface area (Å²) in [5.74, 6) is 1.84. The summed E-state index contributed by atoms with van der Waals surface area (Å²) in [7, 11) is 0. The summed E-state index contributed by atoms with van der Waals surface area (Å²) in [5.41, 5.74) is 2.89. The lowest BCUT2D eigenvalue weighted by Crippen LogP contribution is -1.96. The molecule has 20 heavy (non-hydrogen) atoms. The molecule has 0 saturated carbocycles. The lowest BCUT2D eigenvalue weighted by molar-refractivity contribution is 0.276. The lowest BCUT2D eigenvalue weighted by Gasteiger charge is -2.15. The van der Waals surface area contributed by atoms with E-state index in [-0.39, 0.29) is 6.61 Å². The first-order valence-electron chi connectivity index (χ1n) is 6.69. The van der Waals surface area contributed by atoms with E-state index < -0.39 is 0 Å². The van der Waals surface area contributed by atoms with Crippen molar-refractivity contribution in [2.45, 2.75) is 33.3 Å². The molecule has 0 aromatic heterocycles. The molecule has 0 bridgehead atoms. The molecular weight excluding hydrogens is 272 g/mol. The monoisotopic (exact) mass is 290 g/mol. The van der Waals surface area contributed by atoms with Gasteiger partial charge in [-0.05, 0) is 42.2 Å². The lowest BCUT2D eigenvalue weighted by atomic mass is 10.0. The van der Waals surface area contributed by atoms with E-state index in [0.717, 1.165) is 11.3 Å². The van der Waals surface area contributed by atoms with Gasteiger partial charge in [-0.15, -0.1) is 0 Å². The molecule has 0 aliphatic heterocycles. The molecule has 0 fully saturated rings. The van der Waals surface area contributed by atoms with Crippen LogP contribution in [0.2, 0.25) is 5.02 Å². The predicted octanol–water partition coefficient (Wildman–Crippen LogP) is 5.06. The minimum absolute atomic E-state index is 0.141. The quantitative estimate of drug-likeness (QED) is 0.853. The summed E-state index contributed by atoms with van der Waals surface area (Å²) < 4.78 is 5.96. The first kappa shape index (κ1) is 14.9. The van der Waals surface area contributed by atoms with E-state index in [1.807, 2.05) is 31.2 Å². The van der Waals surface area contributed by atoms with E-state index in [9.17, 15) is 5.11 Å². The van der Waals surface area contributed by atoms with Crippen LogP contribution in [0.5, 0.6) is 11.5 Å². The molecule has 0 spiro atoms. The van der Waals surface area contributed by atoms with E-state index in [0.29, 0.717) is 22.3 Å². The fourth-order valence-electron chi connectivity index (χ4n) is 1.99. The van der Waals surface area contributed by atoms with Crippen LogP contribution in [0.3, 0.4) is 0 Å². The van der Waals surface area contributed by atoms with Gasteiger partial charge in [-0.2, -0.15) is 0 Å². The van der Waals surface area contributed by atoms with Crippen LogP contribution in [0.1, 0.15) is 36.5 Å². The van der Waals surface area contributed by atoms with E-state index in [4.69, 9.17) is 16.3 Å². The van der Waals surface area contributed by atoms with Crippen LogP contribution in [0.25, 0.3) is 0 Å². The molecule has 0 aliphatic carbocycles. The zero-order chi connectivity index (χ0) is 14.7. The van der Waals surface area contributed by atoms with E-state index >= 15 is 0 Å². The number of aliphatic hydroxyl groups excluding tert-OH is 1. The number of halogens is 1. The van der Waals surface area contributed by atoms with E-state index in [1.165, 1.54) is 5.56 Å². The molecule has 2 rings (SSSR count). The highest BCUT2D eigenvalue weighted by atomic mass is 35.5. The van der Waals surface area contributed by atoms with E-state index in [1.54, 1.807) is 6.07 Å².